The minimum absolute atomic E-state index is 0.216. The summed E-state index contributed by atoms with van der Waals surface area (Å²) < 4.78 is 0. The molecule has 0 unspecified atom stereocenters. The van der Waals surface area contributed by atoms with Gasteiger partial charge in [0.2, 0.25) is 5.91 Å². The molecule has 1 rings (SSSR count). The van der Waals surface area contributed by atoms with Crippen molar-refractivity contribution in [1.82, 2.24) is 0 Å². The minimum atomic E-state index is -1.13. The van der Waals surface area contributed by atoms with Crippen molar-refractivity contribution in [2.24, 2.45) is 5.73 Å². The second kappa shape index (κ2) is 8.66. The summed E-state index contributed by atoms with van der Waals surface area (Å²) in [5.74, 6) is -2.37. The smallest absolute Gasteiger partial charge is 0.310 e. The maximum Gasteiger partial charge on any atom is 0.310 e. The Labute approximate surface area is 114 Å². The third kappa shape index (κ3) is 6.81. The molecule has 0 heterocycles. The van der Waals surface area contributed by atoms with Crippen LogP contribution in [-0.2, 0) is 9.59 Å². The lowest BCUT2D eigenvalue weighted by Crippen LogP contribution is -2.12. The fourth-order valence-corrected chi connectivity index (χ4v) is 1.11. The quantitative estimate of drug-likeness (QED) is 0.628. The number of rotatable bonds is 4. The van der Waals surface area contributed by atoms with Crippen LogP contribution in [0.3, 0.4) is 0 Å². The molecule has 1 aromatic rings. The molecule has 3 N–H and O–H groups in total. The number of nitrogens with zero attached hydrogens (tertiary/aromatic N) is 1. The molecule has 0 atom stereocenters. The molecule has 0 saturated heterocycles. The van der Waals surface area contributed by atoms with E-state index in [-0.39, 0.29) is 11.4 Å². The zero-order valence-corrected chi connectivity index (χ0v) is 10.6. The van der Waals surface area contributed by atoms with Gasteiger partial charge < -0.3 is 10.8 Å². The van der Waals surface area contributed by atoms with E-state index in [1.807, 2.05) is 6.07 Å². The zero-order valence-electron chi connectivity index (χ0n) is 9.80. The summed E-state index contributed by atoms with van der Waals surface area (Å²) in [6.45, 7) is 0. The number of Topliss-reactive ketones (excluding diaryl/α,β-unsaturated/α-hetero) is 1. The predicted molar refractivity (Wildman–Crippen MR) is 67.7 cm³/mol. The number of amides is 1. The van der Waals surface area contributed by atoms with Crippen LogP contribution < -0.4 is 5.73 Å². The van der Waals surface area contributed by atoms with Gasteiger partial charge in [-0.25, -0.2) is 0 Å². The summed E-state index contributed by atoms with van der Waals surface area (Å²) in [5, 5.41) is 16.4. The molecule has 0 spiro atoms. The maximum atomic E-state index is 10.7. The van der Waals surface area contributed by atoms with Crippen LogP contribution >= 0.6 is 11.6 Å². The number of benzene rings is 1. The summed E-state index contributed by atoms with van der Waals surface area (Å²) >= 11 is 4.98. The lowest BCUT2D eigenvalue weighted by Gasteiger charge is -1.95. The second-order valence-electron chi connectivity index (χ2n) is 3.26. The van der Waals surface area contributed by atoms with E-state index in [0.29, 0.717) is 5.56 Å². The highest BCUT2D eigenvalue weighted by Crippen LogP contribution is 2.05. The van der Waals surface area contributed by atoms with Crippen LogP contribution in [0, 0.1) is 11.3 Å². The van der Waals surface area contributed by atoms with Gasteiger partial charge in [0.15, 0.2) is 5.78 Å². The van der Waals surface area contributed by atoms with Crippen molar-refractivity contribution >= 4 is 29.3 Å². The predicted octanol–water partition coefficient (Wildman–Crippen LogP) is 0.926. The zero-order chi connectivity index (χ0) is 14.8. The van der Waals surface area contributed by atoms with Gasteiger partial charge in [0.25, 0.3) is 0 Å². The van der Waals surface area contributed by atoms with Crippen LogP contribution in [0.2, 0.25) is 0 Å². The van der Waals surface area contributed by atoms with E-state index in [2.05, 4.69) is 0 Å². The summed E-state index contributed by atoms with van der Waals surface area (Å²) in [5.41, 5.74) is 5.59. The first kappa shape index (κ1) is 16.6. The number of alkyl halides is 1. The van der Waals surface area contributed by atoms with Gasteiger partial charge in [-0.1, -0.05) is 12.1 Å². The lowest BCUT2D eigenvalue weighted by atomic mass is 10.1. The Morgan fingerprint density at radius 2 is 1.89 bits per heavy atom. The maximum absolute atomic E-state index is 10.7. The molecule has 0 bridgehead atoms. The van der Waals surface area contributed by atoms with Crippen LogP contribution in [0.25, 0.3) is 0 Å². The number of ketones is 1. The monoisotopic (exact) mass is 282 g/mol. The summed E-state index contributed by atoms with van der Waals surface area (Å²) in [4.78, 5) is 30.5. The Kier molecular flexibility index (Phi) is 7.57. The topological polar surface area (TPSA) is 121 Å². The Morgan fingerprint density at radius 3 is 2.21 bits per heavy atom. The molecule has 100 valence electrons. The van der Waals surface area contributed by atoms with Gasteiger partial charge in [0.05, 0.1) is 23.1 Å². The van der Waals surface area contributed by atoms with Crippen LogP contribution in [-0.4, -0.2) is 28.6 Å². The summed E-state index contributed by atoms with van der Waals surface area (Å²) in [7, 11) is 0. The van der Waals surface area contributed by atoms with Crippen molar-refractivity contribution in [2.45, 2.75) is 6.42 Å². The van der Waals surface area contributed by atoms with Gasteiger partial charge in [0.1, 0.15) is 6.42 Å². The third-order valence-corrected chi connectivity index (χ3v) is 2.11. The largest absolute Gasteiger partial charge is 0.481 e. The van der Waals surface area contributed by atoms with E-state index in [9.17, 15) is 14.4 Å². The number of carboxylic acid groups (broad SMARTS) is 1. The van der Waals surface area contributed by atoms with E-state index < -0.39 is 24.1 Å². The van der Waals surface area contributed by atoms with E-state index >= 15 is 0 Å². The van der Waals surface area contributed by atoms with Crippen molar-refractivity contribution in [3.63, 3.8) is 0 Å². The van der Waals surface area contributed by atoms with E-state index in [4.69, 9.17) is 27.7 Å². The van der Waals surface area contributed by atoms with E-state index in [0.717, 1.165) is 0 Å². The second-order valence-corrected chi connectivity index (χ2v) is 3.53. The number of halogens is 1. The van der Waals surface area contributed by atoms with Gasteiger partial charge in [-0.3, -0.25) is 14.4 Å². The SMILES string of the molecule is N#Cc1ccccc1C(N)=O.O=C(O)CC(=O)CCl. The molecule has 1 aromatic carbocycles. The number of carboxylic acids is 1. The molecular formula is C12H11ClN2O4. The van der Waals surface area contributed by atoms with Gasteiger partial charge in [-0.05, 0) is 12.1 Å². The van der Waals surface area contributed by atoms with Crippen molar-refractivity contribution in [3.05, 3.63) is 35.4 Å². The summed E-state index contributed by atoms with van der Waals surface area (Å²) in [6.07, 6.45) is -0.469. The molecule has 6 nitrogen and oxygen atoms in total. The number of nitrogens with two attached hydrogens (primary N) is 1. The Morgan fingerprint density at radius 1 is 1.32 bits per heavy atom. The fraction of sp³-hybridized carbons (Fsp3) is 0.167. The molecule has 0 saturated carbocycles. The molecule has 0 aromatic heterocycles. The third-order valence-electron chi connectivity index (χ3n) is 1.81. The molecule has 0 fully saturated rings. The van der Waals surface area contributed by atoms with Crippen molar-refractivity contribution in [2.75, 3.05) is 5.88 Å². The van der Waals surface area contributed by atoms with Crippen LogP contribution in [0.5, 0.6) is 0 Å². The number of carbonyl (C=O) groups excluding carboxylic acids is 2. The van der Waals surface area contributed by atoms with Crippen molar-refractivity contribution < 1.29 is 19.5 Å². The molecular weight excluding hydrogens is 272 g/mol. The Bertz CT molecular complexity index is 523. The standard InChI is InChI=1S/C8H6N2O.C4H5ClO3/c9-5-6-3-1-2-4-7(6)8(10)11;5-2-3(6)1-4(7)8/h1-4H,(H2,10,11);1-2H2,(H,7,8). The first-order valence-corrected chi connectivity index (χ1v) is 5.54. The van der Waals surface area contributed by atoms with Crippen LogP contribution in [0.15, 0.2) is 24.3 Å². The first-order chi connectivity index (χ1) is 8.92. The van der Waals surface area contributed by atoms with Gasteiger partial charge in [0, 0.05) is 0 Å². The molecule has 0 radical (unpaired) electrons. The number of hydrogen-bond acceptors (Lipinski definition) is 4. The molecule has 0 aliphatic heterocycles. The lowest BCUT2D eigenvalue weighted by molar-refractivity contribution is -0.139. The van der Waals surface area contributed by atoms with Gasteiger partial charge in [-0.2, -0.15) is 5.26 Å². The Hall–Kier alpha value is -2.39. The molecule has 7 heteroatoms. The molecule has 19 heavy (non-hydrogen) atoms. The van der Waals surface area contributed by atoms with Gasteiger partial charge in [-0.15, -0.1) is 11.6 Å². The first-order valence-electron chi connectivity index (χ1n) is 5.00. The van der Waals surface area contributed by atoms with Gasteiger partial charge >= 0.3 is 5.97 Å². The van der Waals surface area contributed by atoms with Crippen molar-refractivity contribution in [1.29, 1.82) is 5.26 Å². The average molecular weight is 283 g/mol. The normalized spacial score (nSPS) is 8.63. The Balaban J connectivity index is 0.000000362. The number of primary amides is 1. The highest BCUT2D eigenvalue weighted by Gasteiger charge is 2.04. The summed E-state index contributed by atoms with van der Waals surface area (Å²) in [6, 6.07) is 8.31. The number of aliphatic carboxylic acids is 1. The molecule has 0 aliphatic carbocycles. The van der Waals surface area contributed by atoms with Crippen molar-refractivity contribution in [3.8, 4) is 6.07 Å². The minimum Gasteiger partial charge on any atom is -0.481 e. The number of hydrogen-bond donors (Lipinski definition) is 2. The number of nitriles is 1. The fourth-order valence-electron chi connectivity index (χ4n) is 1.01. The highest BCUT2D eigenvalue weighted by molar-refractivity contribution is 6.28. The number of carbonyl (C=O) groups is 3. The van der Waals surface area contributed by atoms with Crippen LogP contribution in [0.4, 0.5) is 0 Å². The highest BCUT2D eigenvalue weighted by atomic mass is 35.5. The average Bonchev–Trinajstić information content (AvgIpc) is 2.38. The molecule has 1 amide bonds. The molecule has 0 aliphatic rings. The van der Waals surface area contributed by atoms with E-state index in [1.165, 1.54) is 6.07 Å². The van der Waals surface area contributed by atoms with Crippen LogP contribution in [0.1, 0.15) is 22.3 Å². The van der Waals surface area contributed by atoms with E-state index in [1.54, 1.807) is 18.2 Å².